The van der Waals surface area contributed by atoms with Crippen LogP contribution in [0.2, 0.25) is 0 Å². The molecule has 86 valence electrons. The minimum absolute atomic E-state index is 0.0646. The van der Waals surface area contributed by atoms with Crippen molar-refractivity contribution in [3.05, 3.63) is 0 Å². The quantitative estimate of drug-likeness (QED) is 0.652. The van der Waals surface area contributed by atoms with Crippen molar-refractivity contribution < 1.29 is 14.7 Å². The molecule has 0 radical (unpaired) electrons. The van der Waals surface area contributed by atoms with E-state index in [0.29, 0.717) is 5.92 Å². The minimum atomic E-state index is -1.18. The molecular formula is C10H18N2O3. The van der Waals surface area contributed by atoms with E-state index in [1.165, 1.54) is 0 Å². The Balaban J connectivity index is 2.56. The molecule has 1 atom stereocenters. The van der Waals surface area contributed by atoms with E-state index in [0.717, 1.165) is 25.7 Å². The first-order valence-electron chi connectivity index (χ1n) is 5.29. The molecule has 1 aliphatic rings. The zero-order valence-electron chi connectivity index (χ0n) is 8.90. The van der Waals surface area contributed by atoms with E-state index in [9.17, 15) is 9.59 Å². The summed E-state index contributed by atoms with van der Waals surface area (Å²) < 4.78 is 0. The molecule has 5 nitrogen and oxygen atoms in total. The van der Waals surface area contributed by atoms with E-state index in [1.54, 1.807) is 0 Å². The molecule has 4 N–H and O–H groups in total. The van der Waals surface area contributed by atoms with Crippen LogP contribution in [0.15, 0.2) is 0 Å². The minimum Gasteiger partial charge on any atom is -0.465 e. The second-order valence-electron chi connectivity index (χ2n) is 4.35. The fourth-order valence-electron chi connectivity index (χ4n) is 2.17. The van der Waals surface area contributed by atoms with E-state index < -0.39 is 18.0 Å². The van der Waals surface area contributed by atoms with Crippen molar-refractivity contribution in [1.82, 2.24) is 5.32 Å². The molecule has 1 aliphatic carbocycles. The van der Waals surface area contributed by atoms with Crippen molar-refractivity contribution in [2.45, 2.75) is 38.6 Å². The van der Waals surface area contributed by atoms with E-state index >= 15 is 0 Å². The SMILES string of the molecule is CC1CCC([C@H](NC(=O)O)C(N)=O)CC1. The number of hydrogen-bond acceptors (Lipinski definition) is 2. The van der Waals surface area contributed by atoms with Crippen molar-refractivity contribution in [2.24, 2.45) is 17.6 Å². The summed E-state index contributed by atoms with van der Waals surface area (Å²) >= 11 is 0. The van der Waals surface area contributed by atoms with Gasteiger partial charge in [-0.2, -0.15) is 0 Å². The standard InChI is InChI=1S/C10H18N2O3/c1-6-2-4-7(5-3-6)8(9(11)13)12-10(14)15/h6-8,12H,2-5H2,1H3,(H2,11,13)(H,14,15)/t6?,7?,8-/m0/s1. The second-order valence-corrected chi connectivity index (χ2v) is 4.35. The number of rotatable bonds is 3. The van der Waals surface area contributed by atoms with Gasteiger partial charge in [0.25, 0.3) is 0 Å². The Morgan fingerprint density at radius 2 is 1.87 bits per heavy atom. The van der Waals surface area contributed by atoms with Crippen LogP contribution in [0.5, 0.6) is 0 Å². The van der Waals surface area contributed by atoms with Gasteiger partial charge in [0, 0.05) is 0 Å². The summed E-state index contributed by atoms with van der Waals surface area (Å²) in [5.41, 5.74) is 5.19. The second kappa shape index (κ2) is 5.00. The lowest BCUT2D eigenvalue weighted by molar-refractivity contribution is -0.121. The number of amides is 2. The summed E-state index contributed by atoms with van der Waals surface area (Å²) in [6.45, 7) is 2.17. The highest BCUT2D eigenvalue weighted by atomic mass is 16.4. The van der Waals surface area contributed by atoms with E-state index in [4.69, 9.17) is 10.8 Å². The first-order chi connectivity index (χ1) is 7.00. The molecule has 0 saturated heterocycles. The third-order valence-corrected chi connectivity index (χ3v) is 3.12. The highest BCUT2D eigenvalue weighted by molar-refractivity contribution is 5.84. The molecular weight excluding hydrogens is 196 g/mol. The lowest BCUT2D eigenvalue weighted by atomic mass is 9.79. The molecule has 0 heterocycles. The van der Waals surface area contributed by atoms with Crippen molar-refractivity contribution >= 4 is 12.0 Å². The number of carbonyl (C=O) groups is 2. The Morgan fingerprint density at radius 1 is 1.33 bits per heavy atom. The largest absolute Gasteiger partial charge is 0.465 e. The van der Waals surface area contributed by atoms with E-state index in [-0.39, 0.29) is 5.92 Å². The van der Waals surface area contributed by atoms with Crippen LogP contribution >= 0.6 is 0 Å². The van der Waals surface area contributed by atoms with Crippen LogP contribution in [-0.4, -0.2) is 23.1 Å². The molecule has 0 aliphatic heterocycles. The summed E-state index contributed by atoms with van der Waals surface area (Å²) in [4.78, 5) is 21.6. The van der Waals surface area contributed by atoms with Gasteiger partial charge >= 0.3 is 6.09 Å². The Kier molecular flexibility index (Phi) is 3.94. The topological polar surface area (TPSA) is 92.4 Å². The zero-order chi connectivity index (χ0) is 11.4. The van der Waals surface area contributed by atoms with Crippen LogP contribution in [0.25, 0.3) is 0 Å². The lowest BCUT2D eigenvalue weighted by Gasteiger charge is -2.30. The summed E-state index contributed by atoms with van der Waals surface area (Å²) in [5, 5.41) is 10.8. The molecule has 15 heavy (non-hydrogen) atoms. The third kappa shape index (κ3) is 3.42. The summed E-state index contributed by atoms with van der Waals surface area (Å²) in [6.07, 6.45) is 2.63. The molecule has 0 aromatic rings. The van der Waals surface area contributed by atoms with Gasteiger partial charge < -0.3 is 16.2 Å². The molecule has 1 rings (SSSR count). The van der Waals surface area contributed by atoms with Gasteiger partial charge in [0.1, 0.15) is 6.04 Å². The fourth-order valence-corrected chi connectivity index (χ4v) is 2.17. The molecule has 1 fully saturated rings. The monoisotopic (exact) mass is 214 g/mol. The van der Waals surface area contributed by atoms with Crippen LogP contribution in [0, 0.1) is 11.8 Å². The van der Waals surface area contributed by atoms with Gasteiger partial charge in [0.2, 0.25) is 5.91 Å². The summed E-state index contributed by atoms with van der Waals surface area (Å²) in [6, 6.07) is -0.727. The number of hydrogen-bond donors (Lipinski definition) is 3. The molecule has 1 saturated carbocycles. The van der Waals surface area contributed by atoms with Crippen LogP contribution < -0.4 is 11.1 Å². The highest BCUT2D eigenvalue weighted by Crippen LogP contribution is 2.30. The molecule has 0 bridgehead atoms. The number of carboxylic acid groups (broad SMARTS) is 1. The lowest BCUT2D eigenvalue weighted by Crippen LogP contribution is -2.49. The Hall–Kier alpha value is -1.26. The molecule has 0 aromatic heterocycles. The van der Waals surface area contributed by atoms with Crippen LogP contribution in [0.3, 0.4) is 0 Å². The normalized spacial score (nSPS) is 28.1. The zero-order valence-corrected chi connectivity index (χ0v) is 8.90. The number of nitrogens with one attached hydrogen (secondary N) is 1. The Bertz CT molecular complexity index is 247. The first-order valence-corrected chi connectivity index (χ1v) is 5.29. The average Bonchev–Trinajstić information content (AvgIpc) is 2.15. The summed E-state index contributed by atoms with van der Waals surface area (Å²) in [7, 11) is 0. The third-order valence-electron chi connectivity index (χ3n) is 3.12. The number of nitrogens with two attached hydrogens (primary N) is 1. The van der Waals surface area contributed by atoms with Crippen molar-refractivity contribution in [3.63, 3.8) is 0 Å². The molecule has 5 heteroatoms. The molecule has 2 amide bonds. The van der Waals surface area contributed by atoms with Gasteiger partial charge in [0.15, 0.2) is 0 Å². The van der Waals surface area contributed by atoms with Gasteiger partial charge in [-0.3, -0.25) is 4.79 Å². The fraction of sp³-hybridized carbons (Fsp3) is 0.800. The van der Waals surface area contributed by atoms with Crippen LogP contribution in [0.4, 0.5) is 4.79 Å². The Labute approximate surface area is 89.0 Å². The molecule has 0 unspecified atom stereocenters. The Morgan fingerprint density at radius 3 is 2.27 bits per heavy atom. The smallest absolute Gasteiger partial charge is 0.405 e. The van der Waals surface area contributed by atoms with E-state index in [1.807, 2.05) is 0 Å². The van der Waals surface area contributed by atoms with Crippen molar-refractivity contribution in [1.29, 1.82) is 0 Å². The predicted octanol–water partition coefficient (Wildman–Crippen LogP) is 0.934. The molecule has 0 spiro atoms. The summed E-state index contributed by atoms with van der Waals surface area (Å²) in [5.74, 6) is 0.159. The van der Waals surface area contributed by atoms with Crippen LogP contribution in [0.1, 0.15) is 32.6 Å². The van der Waals surface area contributed by atoms with Gasteiger partial charge in [-0.15, -0.1) is 0 Å². The highest BCUT2D eigenvalue weighted by Gasteiger charge is 2.30. The number of primary amides is 1. The van der Waals surface area contributed by atoms with Gasteiger partial charge in [-0.25, -0.2) is 4.79 Å². The maximum atomic E-state index is 11.1. The van der Waals surface area contributed by atoms with E-state index in [2.05, 4.69) is 12.2 Å². The predicted molar refractivity (Wildman–Crippen MR) is 55.3 cm³/mol. The first kappa shape index (κ1) is 11.8. The van der Waals surface area contributed by atoms with Gasteiger partial charge in [-0.05, 0) is 24.7 Å². The van der Waals surface area contributed by atoms with Crippen LogP contribution in [-0.2, 0) is 4.79 Å². The average molecular weight is 214 g/mol. The maximum absolute atomic E-state index is 11.1. The van der Waals surface area contributed by atoms with Gasteiger partial charge in [0.05, 0.1) is 0 Å². The van der Waals surface area contributed by atoms with Gasteiger partial charge in [-0.1, -0.05) is 19.8 Å². The number of carbonyl (C=O) groups excluding carboxylic acids is 1. The van der Waals surface area contributed by atoms with Crippen molar-refractivity contribution in [3.8, 4) is 0 Å². The maximum Gasteiger partial charge on any atom is 0.405 e. The molecule has 0 aromatic carbocycles. The van der Waals surface area contributed by atoms with Crippen molar-refractivity contribution in [2.75, 3.05) is 0 Å².